The van der Waals surface area contributed by atoms with Crippen LogP contribution in [0.15, 0.2) is 72.1 Å². The lowest BCUT2D eigenvalue weighted by Gasteiger charge is -2.27. The van der Waals surface area contributed by atoms with Gasteiger partial charge in [-0.15, -0.1) is 0 Å². The maximum atomic E-state index is 11.4. The summed E-state index contributed by atoms with van der Waals surface area (Å²) in [5, 5.41) is 19.9. The Morgan fingerprint density at radius 1 is 0.811 bits per heavy atom. The second-order valence-electron chi connectivity index (χ2n) is 9.46. The van der Waals surface area contributed by atoms with Crippen LogP contribution in [0.25, 0.3) is 0 Å². The van der Waals surface area contributed by atoms with E-state index < -0.39 is 24.1 Å². The molecule has 0 aliphatic carbocycles. The van der Waals surface area contributed by atoms with E-state index in [1.165, 1.54) is 13.8 Å². The van der Waals surface area contributed by atoms with E-state index in [0.29, 0.717) is 11.5 Å². The second kappa shape index (κ2) is 15.0. The molecular weight excluding hydrogens is 476 g/mol. The van der Waals surface area contributed by atoms with E-state index in [-0.39, 0.29) is 43.0 Å². The molecule has 0 spiro atoms. The van der Waals surface area contributed by atoms with Crippen LogP contribution in [0.3, 0.4) is 0 Å². The normalized spacial score (nSPS) is 13.8. The van der Waals surface area contributed by atoms with Gasteiger partial charge in [0.25, 0.3) is 0 Å². The van der Waals surface area contributed by atoms with Gasteiger partial charge in [-0.2, -0.15) is 0 Å². The Balaban J connectivity index is 2.62. The Bertz CT molecular complexity index is 1000. The first-order chi connectivity index (χ1) is 17.2. The number of hydrogen-bond acceptors (Lipinski definition) is 8. The van der Waals surface area contributed by atoms with Gasteiger partial charge in [-0.3, -0.25) is 0 Å². The number of allylic oxidation sites excluding steroid dienone is 4. The Hall–Kier alpha value is -3.36. The third-order valence-corrected chi connectivity index (χ3v) is 5.59. The van der Waals surface area contributed by atoms with Crippen molar-refractivity contribution in [2.24, 2.45) is 0 Å². The van der Waals surface area contributed by atoms with Crippen molar-refractivity contribution in [3.8, 4) is 5.75 Å². The van der Waals surface area contributed by atoms with Gasteiger partial charge in [0.2, 0.25) is 0 Å². The van der Waals surface area contributed by atoms with E-state index in [1.54, 1.807) is 6.92 Å². The monoisotopic (exact) mass is 516 g/mol. The van der Waals surface area contributed by atoms with E-state index in [0.717, 1.165) is 11.1 Å². The number of rotatable bonds is 15. The zero-order valence-electron chi connectivity index (χ0n) is 22.7. The summed E-state index contributed by atoms with van der Waals surface area (Å²) in [5.74, 6) is 0.0931. The lowest BCUT2D eigenvalue weighted by Crippen LogP contribution is -2.25. The molecule has 0 aromatic heterocycles. The summed E-state index contributed by atoms with van der Waals surface area (Å²) in [6, 6.07) is 7.55. The summed E-state index contributed by atoms with van der Waals surface area (Å²) >= 11 is 0. The Kier molecular flexibility index (Phi) is 12.9. The van der Waals surface area contributed by atoms with Crippen LogP contribution in [0.5, 0.6) is 5.75 Å². The van der Waals surface area contributed by atoms with Gasteiger partial charge < -0.3 is 29.2 Å². The molecule has 1 aromatic carbocycles. The molecule has 0 radical (unpaired) electrons. The summed E-state index contributed by atoms with van der Waals surface area (Å²) in [7, 11) is 0. The molecule has 37 heavy (non-hydrogen) atoms. The molecule has 8 heteroatoms. The third-order valence-electron chi connectivity index (χ3n) is 5.59. The van der Waals surface area contributed by atoms with Gasteiger partial charge in [-0.25, -0.2) is 9.59 Å². The molecule has 0 saturated carbocycles. The summed E-state index contributed by atoms with van der Waals surface area (Å²) in [6.45, 7) is 17.7. The van der Waals surface area contributed by atoms with Gasteiger partial charge in [-0.05, 0) is 51.5 Å². The van der Waals surface area contributed by atoms with Gasteiger partial charge in [0.15, 0.2) is 0 Å². The molecule has 2 N–H and O–H groups in total. The van der Waals surface area contributed by atoms with Crippen molar-refractivity contribution in [1.82, 2.24) is 0 Å². The lowest BCUT2D eigenvalue weighted by molar-refractivity contribution is -0.143. The maximum Gasteiger partial charge on any atom is 0.333 e. The fourth-order valence-corrected chi connectivity index (χ4v) is 2.80. The van der Waals surface area contributed by atoms with E-state index >= 15 is 0 Å². The number of hydrogen-bond donors (Lipinski definition) is 2. The van der Waals surface area contributed by atoms with Gasteiger partial charge in [0.1, 0.15) is 44.4 Å². The predicted octanol–water partition coefficient (Wildman–Crippen LogP) is 4.17. The minimum Gasteiger partial charge on any atom is -0.495 e. The van der Waals surface area contributed by atoms with Gasteiger partial charge >= 0.3 is 11.9 Å². The Morgan fingerprint density at radius 3 is 1.76 bits per heavy atom. The first-order valence-corrected chi connectivity index (χ1v) is 12.0. The third kappa shape index (κ3) is 11.5. The summed E-state index contributed by atoms with van der Waals surface area (Å²) in [6.07, 6.45) is 1.88. The Morgan fingerprint density at radius 2 is 1.27 bits per heavy atom. The highest BCUT2D eigenvalue weighted by Crippen LogP contribution is 2.32. The van der Waals surface area contributed by atoms with Gasteiger partial charge in [0.05, 0.1) is 5.76 Å². The molecule has 2 atom stereocenters. The zero-order chi connectivity index (χ0) is 28.2. The first-order valence-electron chi connectivity index (χ1n) is 12.0. The van der Waals surface area contributed by atoms with Crippen LogP contribution in [0.2, 0.25) is 0 Å². The van der Waals surface area contributed by atoms with E-state index in [4.69, 9.17) is 18.9 Å². The smallest absolute Gasteiger partial charge is 0.333 e. The second-order valence-corrected chi connectivity index (χ2v) is 9.46. The molecule has 0 aliphatic rings. The molecule has 0 bridgehead atoms. The molecule has 0 aliphatic heterocycles. The summed E-state index contributed by atoms with van der Waals surface area (Å²) < 4.78 is 21.0. The SMILES string of the molecule is C=C(C)C(=O)OCC(O)CO/C(C)=C/C=C(\C)C(C)(C)c1ccc(OCC(O)COC(=O)C(=C)C)cc1. The summed E-state index contributed by atoms with van der Waals surface area (Å²) in [5.41, 5.74) is 2.39. The van der Waals surface area contributed by atoms with Crippen molar-refractivity contribution in [2.75, 3.05) is 26.4 Å². The van der Waals surface area contributed by atoms with E-state index in [1.807, 2.05) is 43.3 Å². The predicted molar refractivity (Wildman–Crippen MR) is 142 cm³/mol. The minimum absolute atomic E-state index is 0.00538. The number of ether oxygens (including phenoxy) is 4. The highest BCUT2D eigenvalue weighted by atomic mass is 16.6. The fourth-order valence-electron chi connectivity index (χ4n) is 2.80. The minimum atomic E-state index is -0.950. The molecule has 8 nitrogen and oxygen atoms in total. The van der Waals surface area contributed by atoms with Crippen LogP contribution >= 0.6 is 0 Å². The molecule has 1 rings (SSSR count). The van der Waals surface area contributed by atoms with Crippen molar-refractivity contribution in [3.63, 3.8) is 0 Å². The van der Waals surface area contributed by atoms with Crippen LogP contribution in [0, 0.1) is 0 Å². The molecule has 204 valence electrons. The van der Waals surface area contributed by atoms with E-state index in [2.05, 4.69) is 27.0 Å². The molecule has 0 saturated heterocycles. The highest BCUT2D eigenvalue weighted by molar-refractivity contribution is 5.87. The van der Waals surface area contributed by atoms with Crippen molar-refractivity contribution < 1.29 is 38.7 Å². The van der Waals surface area contributed by atoms with Crippen molar-refractivity contribution in [1.29, 1.82) is 0 Å². The number of carbonyl (C=O) groups excluding carboxylic acids is 2. The molecule has 2 unspecified atom stereocenters. The number of aliphatic hydroxyl groups is 2. The molecule has 0 amide bonds. The number of esters is 2. The first kappa shape index (κ1) is 31.7. The fraction of sp³-hybridized carbons (Fsp3) is 0.448. The van der Waals surface area contributed by atoms with Gasteiger partial charge in [-0.1, -0.05) is 50.8 Å². The number of aliphatic hydroxyl groups excluding tert-OH is 2. The van der Waals surface area contributed by atoms with Crippen molar-refractivity contribution >= 4 is 11.9 Å². The van der Waals surface area contributed by atoms with E-state index in [9.17, 15) is 19.8 Å². The lowest BCUT2D eigenvalue weighted by atomic mass is 9.78. The average Bonchev–Trinajstić information content (AvgIpc) is 2.86. The van der Waals surface area contributed by atoms with Crippen LogP contribution in [-0.2, 0) is 29.2 Å². The average molecular weight is 517 g/mol. The number of benzene rings is 1. The standard InChI is InChI=1S/C29H40O8/c1-19(2)27(32)36-17-24(30)15-34-22(6)10-9-21(5)29(7,8)23-11-13-26(14-12-23)35-16-25(31)18-37-28(33)20(3)4/h9-14,24-25,30-31H,1,3,15-18H2,2,4-8H3/b21-9+,22-10+. The molecule has 0 fully saturated rings. The van der Waals surface area contributed by atoms with Crippen LogP contribution < -0.4 is 4.74 Å². The van der Waals surface area contributed by atoms with Crippen LogP contribution in [0.4, 0.5) is 0 Å². The van der Waals surface area contributed by atoms with Crippen molar-refractivity contribution in [2.45, 2.75) is 59.2 Å². The largest absolute Gasteiger partial charge is 0.495 e. The molecule has 1 aromatic rings. The topological polar surface area (TPSA) is 112 Å². The molecule has 0 heterocycles. The number of carbonyl (C=O) groups is 2. The quantitative estimate of drug-likeness (QED) is 0.155. The Labute approximate surface area is 219 Å². The highest BCUT2D eigenvalue weighted by Gasteiger charge is 2.22. The van der Waals surface area contributed by atoms with Crippen LogP contribution in [-0.4, -0.2) is 60.8 Å². The summed E-state index contributed by atoms with van der Waals surface area (Å²) in [4.78, 5) is 22.8. The van der Waals surface area contributed by atoms with Crippen LogP contribution in [0.1, 0.15) is 47.1 Å². The zero-order valence-corrected chi connectivity index (χ0v) is 22.7. The molecular formula is C29H40O8. The van der Waals surface area contributed by atoms with Gasteiger partial charge in [0, 0.05) is 16.6 Å². The maximum absolute atomic E-state index is 11.4. The van der Waals surface area contributed by atoms with Crippen molar-refractivity contribution in [3.05, 3.63) is 77.6 Å².